The number of rotatable bonds is 5. The van der Waals surface area contributed by atoms with Crippen molar-refractivity contribution in [1.29, 1.82) is 0 Å². The fourth-order valence-electron chi connectivity index (χ4n) is 3.49. The van der Waals surface area contributed by atoms with Crippen molar-refractivity contribution in [3.05, 3.63) is 42.5 Å². The van der Waals surface area contributed by atoms with Crippen molar-refractivity contribution < 1.29 is 9.90 Å². The number of amides is 1. The first kappa shape index (κ1) is 16.7. The van der Waals surface area contributed by atoms with Gasteiger partial charge in [-0.15, -0.1) is 0 Å². The molecule has 5 N–H and O–H groups in total. The van der Waals surface area contributed by atoms with Gasteiger partial charge in [0.25, 0.3) is 5.91 Å². The van der Waals surface area contributed by atoms with Crippen molar-refractivity contribution in [1.82, 2.24) is 5.43 Å². The van der Waals surface area contributed by atoms with Crippen LogP contribution in [0.1, 0.15) is 32.1 Å². The maximum absolute atomic E-state index is 12.2. The molecule has 1 aliphatic rings. The van der Waals surface area contributed by atoms with Crippen LogP contribution in [0, 0.1) is 5.92 Å². The van der Waals surface area contributed by atoms with Gasteiger partial charge in [-0.3, -0.25) is 15.6 Å². The molecule has 0 bridgehead atoms. The molecular weight excluding hydrogens is 302 g/mol. The summed E-state index contributed by atoms with van der Waals surface area (Å²) < 4.78 is 0. The second-order valence-electron chi connectivity index (χ2n) is 6.56. The largest absolute Gasteiger partial charge is 0.382 e. The Labute approximate surface area is 142 Å². The van der Waals surface area contributed by atoms with E-state index in [1.54, 1.807) is 0 Å². The molecule has 0 radical (unpaired) electrons. The van der Waals surface area contributed by atoms with E-state index in [1.807, 2.05) is 42.5 Å². The summed E-state index contributed by atoms with van der Waals surface area (Å²) >= 11 is 0. The van der Waals surface area contributed by atoms with Gasteiger partial charge in [0.2, 0.25) is 0 Å². The van der Waals surface area contributed by atoms with Crippen LogP contribution in [-0.4, -0.2) is 23.2 Å². The summed E-state index contributed by atoms with van der Waals surface area (Å²) in [5.74, 6) is -0.266. The minimum Gasteiger partial charge on any atom is -0.382 e. The number of nitrogens with one attached hydrogen (secondary N) is 2. The summed E-state index contributed by atoms with van der Waals surface area (Å²) in [6, 6.07) is 13.2. The van der Waals surface area contributed by atoms with Crippen LogP contribution < -0.4 is 16.6 Å². The Hall–Kier alpha value is -2.11. The number of aliphatic hydroxyl groups excluding tert-OH is 1. The molecule has 0 saturated heterocycles. The van der Waals surface area contributed by atoms with E-state index < -0.39 is 18.1 Å². The van der Waals surface area contributed by atoms with Crippen LogP contribution in [0.5, 0.6) is 0 Å². The maximum atomic E-state index is 12.2. The number of fused-ring (bicyclic) bond motifs is 1. The molecule has 5 heteroatoms. The molecule has 0 aromatic heterocycles. The van der Waals surface area contributed by atoms with Gasteiger partial charge < -0.3 is 10.8 Å². The van der Waals surface area contributed by atoms with Crippen LogP contribution >= 0.6 is 0 Å². The quantitative estimate of drug-likeness (QED) is 0.636. The molecule has 3 rings (SSSR count). The zero-order chi connectivity index (χ0) is 16.9. The summed E-state index contributed by atoms with van der Waals surface area (Å²) in [5.41, 5.74) is 12.4. The van der Waals surface area contributed by atoms with Crippen molar-refractivity contribution in [3.8, 4) is 0 Å². The van der Waals surface area contributed by atoms with Crippen LogP contribution in [0.25, 0.3) is 10.8 Å². The van der Waals surface area contributed by atoms with E-state index in [1.165, 1.54) is 6.42 Å². The molecule has 1 saturated carbocycles. The van der Waals surface area contributed by atoms with Crippen LogP contribution in [0.4, 0.5) is 5.69 Å². The molecule has 2 aromatic rings. The van der Waals surface area contributed by atoms with Crippen molar-refractivity contribution in [3.63, 3.8) is 0 Å². The van der Waals surface area contributed by atoms with Gasteiger partial charge in [0.15, 0.2) is 0 Å². The highest BCUT2D eigenvalue weighted by Gasteiger charge is 2.30. The Kier molecular flexibility index (Phi) is 5.33. The Morgan fingerprint density at radius 3 is 2.58 bits per heavy atom. The highest BCUT2D eigenvalue weighted by Crippen LogP contribution is 2.27. The number of anilines is 1. The third kappa shape index (κ3) is 3.68. The summed E-state index contributed by atoms with van der Waals surface area (Å²) in [5, 5.41) is 12.3. The minimum atomic E-state index is -1.20. The molecule has 1 amide bonds. The van der Waals surface area contributed by atoms with Crippen LogP contribution in [0.3, 0.4) is 0 Å². The normalized spacial score (nSPS) is 18.1. The predicted molar refractivity (Wildman–Crippen MR) is 96.3 cm³/mol. The molecule has 2 aromatic carbocycles. The lowest BCUT2D eigenvalue weighted by molar-refractivity contribution is -0.130. The first-order valence-corrected chi connectivity index (χ1v) is 8.64. The molecule has 0 aliphatic heterocycles. The van der Waals surface area contributed by atoms with Gasteiger partial charge in [-0.1, -0.05) is 55.7 Å². The Balaban J connectivity index is 1.61. The maximum Gasteiger partial charge on any atom is 0.268 e. The first-order valence-electron chi connectivity index (χ1n) is 8.64. The number of hydrazine groups is 1. The number of hydrogen-bond donors (Lipinski definition) is 4. The average molecular weight is 327 g/mol. The summed E-state index contributed by atoms with van der Waals surface area (Å²) in [6.07, 6.45) is 4.25. The van der Waals surface area contributed by atoms with Gasteiger partial charge in [-0.25, -0.2) is 0 Å². The van der Waals surface area contributed by atoms with Crippen molar-refractivity contribution >= 4 is 22.4 Å². The molecular formula is C19H25N3O2. The van der Waals surface area contributed by atoms with E-state index in [4.69, 9.17) is 5.73 Å². The molecule has 1 unspecified atom stereocenters. The van der Waals surface area contributed by atoms with E-state index in [0.29, 0.717) is 0 Å². The number of benzene rings is 2. The fraction of sp³-hybridized carbons (Fsp3) is 0.421. The van der Waals surface area contributed by atoms with E-state index in [2.05, 4.69) is 10.9 Å². The van der Waals surface area contributed by atoms with Gasteiger partial charge in [-0.2, -0.15) is 0 Å². The topological polar surface area (TPSA) is 87.4 Å². The number of carbonyl (C=O) groups excluding carboxylic acids is 1. The van der Waals surface area contributed by atoms with E-state index in [0.717, 1.165) is 42.1 Å². The van der Waals surface area contributed by atoms with Gasteiger partial charge >= 0.3 is 0 Å². The standard InChI is InChI=1S/C19H25N3O2/c20-17(14-8-2-1-3-9-14)18(23)19(24)22-21-16-12-6-10-13-7-4-5-11-15(13)16/h4-7,10-12,14,17-18,21,23H,1-3,8-9,20H2,(H,22,24)/t17-,18?/m1/s1. The zero-order valence-corrected chi connectivity index (χ0v) is 13.7. The predicted octanol–water partition coefficient (Wildman–Crippen LogP) is 2.55. The molecule has 24 heavy (non-hydrogen) atoms. The number of carbonyl (C=O) groups is 1. The molecule has 1 fully saturated rings. The summed E-state index contributed by atoms with van der Waals surface area (Å²) in [4.78, 5) is 12.2. The van der Waals surface area contributed by atoms with Crippen LogP contribution in [-0.2, 0) is 4.79 Å². The van der Waals surface area contributed by atoms with Gasteiger partial charge in [-0.05, 0) is 30.2 Å². The number of aliphatic hydroxyl groups is 1. The highest BCUT2D eigenvalue weighted by molar-refractivity contribution is 5.94. The van der Waals surface area contributed by atoms with Crippen molar-refractivity contribution in [2.24, 2.45) is 11.7 Å². The lowest BCUT2D eigenvalue weighted by Crippen LogP contribution is -2.51. The van der Waals surface area contributed by atoms with E-state index in [9.17, 15) is 9.90 Å². The van der Waals surface area contributed by atoms with Gasteiger partial charge in [0.05, 0.1) is 5.69 Å². The minimum absolute atomic E-state index is 0.219. The smallest absolute Gasteiger partial charge is 0.268 e. The number of nitrogens with two attached hydrogens (primary N) is 1. The lowest BCUT2D eigenvalue weighted by atomic mass is 9.82. The average Bonchev–Trinajstić information content (AvgIpc) is 2.65. The summed E-state index contributed by atoms with van der Waals surface area (Å²) in [7, 11) is 0. The summed E-state index contributed by atoms with van der Waals surface area (Å²) in [6.45, 7) is 0. The third-order valence-corrected chi connectivity index (χ3v) is 4.94. The fourth-order valence-corrected chi connectivity index (χ4v) is 3.49. The van der Waals surface area contributed by atoms with Crippen LogP contribution in [0.15, 0.2) is 42.5 Å². The molecule has 0 heterocycles. The molecule has 2 atom stereocenters. The Morgan fingerprint density at radius 1 is 1.08 bits per heavy atom. The highest BCUT2D eigenvalue weighted by atomic mass is 16.3. The van der Waals surface area contributed by atoms with Crippen molar-refractivity contribution in [2.45, 2.75) is 44.2 Å². The first-order chi connectivity index (χ1) is 11.7. The monoisotopic (exact) mass is 327 g/mol. The van der Waals surface area contributed by atoms with Crippen molar-refractivity contribution in [2.75, 3.05) is 5.43 Å². The van der Waals surface area contributed by atoms with Crippen LogP contribution in [0.2, 0.25) is 0 Å². The molecule has 1 aliphatic carbocycles. The number of hydrogen-bond acceptors (Lipinski definition) is 4. The third-order valence-electron chi connectivity index (χ3n) is 4.94. The molecule has 128 valence electrons. The second kappa shape index (κ2) is 7.64. The molecule has 5 nitrogen and oxygen atoms in total. The Bertz CT molecular complexity index is 693. The second-order valence-corrected chi connectivity index (χ2v) is 6.56. The lowest BCUT2D eigenvalue weighted by Gasteiger charge is -2.30. The zero-order valence-electron chi connectivity index (χ0n) is 13.7. The van der Waals surface area contributed by atoms with Gasteiger partial charge in [0.1, 0.15) is 6.10 Å². The van der Waals surface area contributed by atoms with E-state index >= 15 is 0 Å². The molecule has 0 spiro atoms. The SMILES string of the molecule is N[C@H](C1CCCCC1)C(O)C(=O)NNc1cccc2ccccc12. The Morgan fingerprint density at radius 2 is 1.79 bits per heavy atom. The van der Waals surface area contributed by atoms with E-state index in [-0.39, 0.29) is 5.92 Å². The van der Waals surface area contributed by atoms with Gasteiger partial charge in [0, 0.05) is 11.4 Å².